The van der Waals surface area contributed by atoms with Gasteiger partial charge >= 0.3 is 0 Å². The van der Waals surface area contributed by atoms with Crippen LogP contribution in [-0.4, -0.2) is 33.4 Å². The number of carbonyl (C=O) groups is 1. The number of amides is 1. The maximum absolute atomic E-state index is 12.1. The minimum Gasteiger partial charge on any atom is -0.395 e. The molecular formula is C12H22N4O2. The molecule has 102 valence electrons. The van der Waals surface area contributed by atoms with Crippen LogP contribution in [0, 0.1) is 12.8 Å². The van der Waals surface area contributed by atoms with Crippen molar-refractivity contribution >= 4 is 11.6 Å². The lowest BCUT2D eigenvalue weighted by Crippen LogP contribution is -2.39. The zero-order chi connectivity index (χ0) is 13.9. The second kappa shape index (κ2) is 5.86. The van der Waals surface area contributed by atoms with E-state index in [2.05, 4.69) is 10.4 Å². The molecule has 0 aliphatic heterocycles. The number of nitrogen functional groups attached to an aromatic ring is 1. The van der Waals surface area contributed by atoms with Crippen LogP contribution in [0.4, 0.5) is 5.69 Å². The summed E-state index contributed by atoms with van der Waals surface area (Å²) in [6, 6.07) is -0.257. The molecule has 6 heteroatoms. The van der Waals surface area contributed by atoms with Crippen molar-refractivity contribution in [3.8, 4) is 0 Å². The number of aryl methyl sites for hydroxylation is 2. The van der Waals surface area contributed by atoms with Crippen LogP contribution < -0.4 is 11.1 Å². The van der Waals surface area contributed by atoms with E-state index in [4.69, 9.17) is 5.73 Å². The lowest BCUT2D eigenvalue weighted by atomic mass is 10.0. The number of hydrogen-bond donors (Lipinski definition) is 3. The Morgan fingerprint density at radius 3 is 2.56 bits per heavy atom. The van der Waals surface area contributed by atoms with Crippen molar-refractivity contribution in [1.29, 1.82) is 0 Å². The van der Waals surface area contributed by atoms with Gasteiger partial charge in [0.1, 0.15) is 5.69 Å². The van der Waals surface area contributed by atoms with Crippen LogP contribution in [0.5, 0.6) is 0 Å². The van der Waals surface area contributed by atoms with E-state index in [1.807, 2.05) is 13.8 Å². The lowest BCUT2D eigenvalue weighted by Gasteiger charge is -2.18. The fraction of sp³-hybridized carbons (Fsp3) is 0.667. The zero-order valence-corrected chi connectivity index (χ0v) is 11.4. The first kappa shape index (κ1) is 14.5. The van der Waals surface area contributed by atoms with Gasteiger partial charge in [-0.1, -0.05) is 13.8 Å². The van der Waals surface area contributed by atoms with Gasteiger partial charge in [-0.2, -0.15) is 5.10 Å². The Bertz CT molecular complexity index is 426. The molecule has 1 rings (SSSR count). The van der Waals surface area contributed by atoms with Crippen molar-refractivity contribution in [2.45, 2.75) is 33.2 Å². The van der Waals surface area contributed by atoms with Gasteiger partial charge in [0.05, 0.1) is 24.0 Å². The highest BCUT2D eigenvalue weighted by Gasteiger charge is 2.21. The third-order valence-corrected chi connectivity index (χ3v) is 2.80. The molecule has 1 amide bonds. The molecular weight excluding hydrogens is 232 g/mol. The summed E-state index contributed by atoms with van der Waals surface area (Å²) in [4.78, 5) is 12.1. The molecule has 0 fully saturated rings. The third kappa shape index (κ3) is 3.22. The Morgan fingerprint density at radius 1 is 1.56 bits per heavy atom. The average molecular weight is 254 g/mol. The van der Waals surface area contributed by atoms with Crippen LogP contribution in [0.3, 0.4) is 0 Å². The largest absolute Gasteiger partial charge is 0.395 e. The van der Waals surface area contributed by atoms with E-state index in [9.17, 15) is 9.90 Å². The summed E-state index contributed by atoms with van der Waals surface area (Å²) in [7, 11) is 1.68. The lowest BCUT2D eigenvalue weighted by molar-refractivity contribution is 0.0899. The van der Waals surface area contributed by atoms with E-state index >= 15 is 0 Å². The zero-order valence-electron chi connectivity index (χ0n) is 11.4. The first-order valence-corrected chi connectivity index (χ1v) is 6.07. The fourth-order valence-corrected chi connectivity index (χ4v) is 1.95. The van der Waals surface area contributed by atoms with Crippen molar-refractivity contribution in [2.24, 2.45) is 13.0 Å². The molecule has 0 saturated heterocycles. The average Bonchev–Trinajstić information content (AvgIpc) is 2.51. The number of aromatic nitrogens is 2. The molecule has 1 atom stereocenters. The molecule has 1 aromatic heterocycles. The second-order valence-electron chi connectivity index (χ2n) is 4.95. The smallest absolute Gasteiger partial charge is 0.271 e. The monoisotopic (exact) mass is 254 g/mol. The van der Waals surface area contributed by atoms with Gasteiger partial charge in [0.2, 0.25) is 0 Å². The molecule has 0 bridgehead atoms. The predicted molar refractivity (Wildman–Crippen MR) is 70.2 cm³/mol. The van der Waals surface area contributed by atoms with Crippen LogP contribution in [0.2, 0.25) is 0 Å². The summed E-state index contributed by atoms with van der Waals surface area (Å²) in [5, 5.41) is 16.1. The normalized spacial score (nSPS) is 12.8. The van der Waals surface area contributed by atoms with Crippen molar-refractivity contribution < 1.29 is 9.90 Å². The standard InChI is InChI=1S/C12H22N4O2/c1-7(2)5-9(6-17)14-12(18)11-10(13)8(3)15-16(11)4/h7,9,17H,5-6,13H2,1-4H3,(H,14,18). The van der Waals surface area contributed by atoms with E-state index in [1.165, 1.54) is 4.68 Å². The Morgan fingerprint density at radius 2 is 2.17 bits per heavy atom. The number of hydrogen-bond acceptors (Lipinski definition) is 4. The molecule has 1 heterocycles. The van der Waals surface area contributed by atoms with E-state index in [0.29, 0.717) is 23.0 Å². The number of nitrogens with two attached hydrogens (primary N) is 1. The number of aliphatic hydroxyl groups excluding tert-OH is 1. The third-order valence-electron chi connectivity index (χ3n) is 2.80. The highest BCUT2D eigenvalue weighted by Crippen LogP contribution is 2.15. The number of carbonyl (C=O) groups excluding carboxylic acids is 1. The second-order valence-corrected chi connectivity index (χ2v) is 4.95. The summed E-state index contributed by atoms with van der Waals surface area (Å²) in [6.07, 6.45) is 0.721. The molecule has 0 spiro atoms. The van der Waals surface area contributed by atoms with Crippen molar-refractivity contribution in [2.75, 3.05) is 12.3 Å². The van der Waals surface area contributed by atoms with E-state index in [0.717, 1.165) is 6.42 Å². The summed E-state index contributed by atoms with van der Waals surface area (Å²) >= 11 is 0. The molecule has 6 nitrogen and oxygen atoms in total. The number of anilines is 1. The molecule has 0 radical (unpaired) electrons. The fourth-order valence-electron chi connectivity index (χ4n) is 1.95. The highest BCUT2D eigenvalue weighted by molar-refractivity contribution is 5.98. The van der Waals surface area contributed by atoms with Gasteiger partial charge in [-0.3, -0.25) is 9.48 Å². The molecule has 4 N–H and O–H groups in total. The van der Waals surface area contributed by atoms with Crippen molar-refractivity contribution in [3.63, 3.8) is 0 Å². The molecule has 18 heavy (non-hydrogen) atoms. The van der Waals surface area contributed by atoms with Crippen LogP contribution in [0.15, 0.2) is 0 Å². The molecule has 1 unspecified atom stereocenters. The van der Waals surface area contributed by atoms with E-state index in [1.54, 1.807) is 14.0 Å². The van der Waals surface area contributed by atoms with E-state index < -0.39 is 0 Å². The van der Waals surface area contributed by atoms with Gasteiger partial charge in [-0.15, -0.1) is 0 Å². The summed E-state index contributed by atoms with van der Waals surface area (Å²) in [5.41, 5.74) is 7.18. The summed E-state index contributed by atoms with van der Waals surface area (Å²) in [5.74, 6) is 0.100. The Labute approximate surface area is 107 Å². The van der Waals surface area contributed by atoms with Gasteiger partial charge in [-0.25, -0.2) is 0 Å². The molecule has 0 saturated carbocycles. The van der Waals surface area contributed by atoms with Gasteiger partial charge in [0.25, 0.3) is 5.91 Å². The van der Waals surface area contributed by atoms with Crippen molar-refractivity contribution in [3.05, 3.63) is 11.4 Å². The van der Waals surface area contributed by atoms with E-state index in [-0.39, 0.29) is 18.6 Å². The molecule has 0 aliphatic carbocycles. The first-order valence-electron chi connectivity index (χ1n) is 6.07. The SMILES string of the molecule is Cc1nn(C)c(C(=O)NC(CO)CC(C)C)c1N. The van der Waals surface area contributed by atoms with Crippen LogP contribution in [-0.2, 0) is 7.05 Å². The van der Waals surface area contributed by atoms with Gasteiger partial charge in [0, 0.05) is 7.05 Å². The minimum absolute atomic E-state index is 0.0827. The number of nitrogens with one attached hydrogen (secondary N) is 1. The summed E-state index contributed by atoms with van der Waals surface area (Å²) < 4.78 is 1.46. The maximum atomic E-state index is 12.1. The van der Waals surface area contributed by atoms with Gasteiger partial charge in [0.15, 0.2) is 0 Å². The molecule has 0 aromatic carbocycles. The number of nitrogens with zero attached hydrogens (tertiary/aromatic N) is 2. The van der Waals surface area contributed by atoms with Gasteiger partial charge in [-0.05, 0) is 19.3 Å². The maximum Gasteiger partial charge on any atom is 0.271 e. The first-order chi connectivity index (χ1) is 8.36. The predicted octanol–water partition coefficient (Wildman–Crippen LogP) is 0.448. The summed E-state index contributed by atoms with van der Waals surface area (Å²) in [6.45, 7) is 5.75. The molecule has 0 aliphatic rings. The Balaban J connectivity index is 2.81. The highest BCUT2D eigenvalue weighted by atomic mass is 16.3. The van der Waals surface area contributed by atoms with Crippen molar-refractivity contribution in [1.82, 2.24) is 15.1 Å². The van der Waals surface area contributed by atoms with Gasteiger partial charge < -0.3 is 16.2 Å². The molecule has 1 aromatic rings. The van der Waals surface area contributed by atoms with Crippen LogP contribution in [0.1, 0.15) is 36.5 Å². The Kier molecular flexibility index (Phi) is 4.72. The Hall–Kier alpha value is -1.56. The van der Waals surface area contributed by atoms with Crippen LogP contribution in [0.25, 0.3) is 0 Å². The van der Waals surface area contributed by atoms with Crippen LogP contribution >= 0.6 is 0 Å². The number of aliphatic hydroxyl groups is 1. The minimum atomic E-state index is -0.296. The topological polar surface area (TPSA) is 93.2 Å². The quantitative estimate of drug-likeness (QED) is 0.711. The number of rotatable bonds is 5.